The lowest BCUT2D eigenvalue weighted by molar-refractivity contribution is -0.137. The van der Waals surface area contributed by atoms with Gasteiger partial charge in [0, 0.05) is 10.5 Å². The molecule has 0 bridgehead atoms. The zero-order valence-corrected chi connectivity index (χ0v) is 14.8. The van der Waals surface area contributed by atoms with Gasteiger partial charge >= 0.3 is 5.97 Å². The zero-order chi connectivity index (χ0) is 17.3. The van der Waals surface area contributed by atoms with Gasteiger partial charge in [0.05, 0.1) is 11.5 Å². The first-order valence-electron chi connectivity index (χ1n) is 7.50. The highest BCUT2D eigenvalue weighted by Gasteiger charge is 2.28. The van der Waals surface area contributed by atoms with Crippen molar-refractivity contribution in [2.45, 2.75) is 13.8 Å². The Morgan fingerprint density at radius 3 is 2.67 bits per heavy atom. The van der Waals surface area contributed by atoms with Crippen LogP contribution in [0.3, 0.4) is 0 Å². The van der Waals surface area contributed by atoms with Gasteiger partial charge in [-0.2, -0.15) is 0 Å². The molecule has 122 valence electrons. The summed E-state index contributed by atoms with van der Waals surface area (Å²) in [5.41, 5.74) is 1.30. The maximum atomic E-state index is 12.4. The van der Waals surface area contributed by atoms with Crippen LogP contribution in [0.1, 0.15) is 29.8 Å². The number of ether oxygens (including phenoxy) is 2. The molecule has 0 fully saturated rings. The van der Waals surface area contributed by atoms with Gasteiger partial charge in [-0.25, -0.2) is 0 Å². The minimum atomic E-state index is -0.330. The van der Waals surface area contributed by atoms with E-state index in [2.05, 4.69) is 15.9 Å². The van der Waals surface area contributed by atoms with Crippen molar-refractivity contribution >= 4 is 33.8 Å². The highest BCUT2D eigenvalue weighted by atomic mass is 79.9. The Hall–Kier alpha value is -2.40. The summed E-state index contributed by atoms with van der Waals surface area (Å²) in [6.45, 7) is 3.52. The molecule has 0 atom stereocenters. The molecule has 0 saturated heterocycles. The molecule has 0 N–H and O–H groups in total. The summed E-state index contributed by atoms with van der Waals surface area (Å²) in [6.07, 6.45) is 1.69. The molecule has 3 rings (SSSR count). The third kappa shape index (κ3) is 3.26. The summed E-state index contributed by atoms with van der Waals surface area (Å²) < 4.78 is 11.8. The zero-order valence-electron chi connectivity index (χ0n) is 13.2. The first kappa shape index (κ1) is 16.5. The van der Waals surface area contributed by atoms with Crippen molar-refractivity contribution in [3.8, 4) is 11.5 Å². The summed E-state index contributed by atoms with van der Waals surface area (Å²) >= 11 is 3.44. The van der Waals surface area contributed by atoms with Crippen LogP contribution < -0.4 is 9.47 Å². The maximum absolute atomic E-state index is 12.4. The fourth-order valence-electron chi connectivity index (χ4n) is 2.20. The molecule has 0 amide bonds. The number of carbonyl (C=O) groups excluding carboxylic acids is 2. The Morgan fingerprint density at radius 2 is 1.96 bits per heavy atom. The monoisotopic (exact) mass is 386 g/mol. The Labute approximate surface area is 148 Å². The number of hydrogen-bond donors (Lipinski definition) is 0. The Balaban J connectivity index is 1.88. The van der Waals surface area contributed by atoms with Gasteiger partial charge in [0.1, 0.15) is 11.5 Å². The number of hydrogen-bond acceptors (Lipinski definition) is 4. The van der Waals surface area contributed by atoms with Gasteiger partial charge in [0.2, 0.25) is 5.78 Å². The predicted octanol–water partition coefficient (Wildman–Crippen LogP) is 4.63. The fraction of sp³-hybridized carbons (Fsp3) is 0.158. The number of halogens is 1. The van der Waals surface area contributed by atoms with E-state index in [1.54, 1.807) is 38.1 Å². The van der Waals surface area contributed by atoms with E-state index in [0.29, 0.717) is 17.1 Å². The molecule has 0 saturated carbocycles. The minimum Gasteiger partial charge on any atom is -0.452 e. The Bertz CT molecular complexity index is 852. The van der Waals surface area contributed by atoms with E-state index in [9.17, 15) is 9.59 Å². The molecule has 0 aliphatic carbocycles. The van der Waals surface area contributed by atoms with E-state index in [0.717, 1.165) is 10.0 Å². The number of allylic oxidation sites excluding steroid dienone is 1. The molecule has 1 aliphatic heterocycles. The van der Waals surface area contributed by atoms with E-state index in [1.165, 1.54) is 0 Å². The lowest BCUT2D eigenvalue weighted by Gasteiger charge is -2.07. The van der Waals surface area contributed by atoms with Crippen LogP contribution in [0.25, 0.3) is 6.08 Å². The molecule has 5 heteroatoms. The fourth-order valence-corrected chi connectivity index (χ4v) is 2.60. The van der Waals surface area contributed by atoms with Crippen LogP contribution in [-0.4, -0.2) is 11.8 Å². The van der Waals surface area contributed by atoms with Crippen molar-refractivity contribution in [1.82, 2.24) is 0 Å². The summed E-state index contributed by atoms with van der Waals surface area (Å²) in [5, 5.41) is 0. The molecule has 1 aliphatic rings. The van der Waals surface area contributed by atoms with Crippen LogP contribution in [0.5, 0.6) is 11.5 Å². The number of benzene rings is 2. The topological polar surface area (TPSA) is 52.6 Å². The van der Waals surface area contributed by atoms with Crippen molar-refractivity contribution in [3.63, 3.8) is 0 Å². The molecule has 0 spiro atoms. The summed E-state index contributed by atoms with van der Waals surface area (Å²) in [7, 11) is 0. The third-order valence-corrected chi connectivity index (χ3v) is 4.25. The van der Waals surface area contributed by atoms with Gasteiger partial charge < -0.3 is 9.47 Å². The standard InChI is InChI=1S/C19H15BrO4/c1-11(2)19(22)23-13-7-8-14-16(10-13)24-17(18(14)21)9-12-5-3-4-6-15(12)20/h3-11H,1-2H3/b17-9+. The highest BCUT2D eigenvalue weighted by molar-refractivity contribution is 9.10. The normalized spacial score (nSPS) is 14.7. The number of fused-ring (bicyclic) bond motifs is 1. The third-order valence-electron chi connectivity index (χ3n) is 3.52. The van der Waals surface area contributed by atoms with Crippen molar-refractivity contribution < 1.29 is 19.1 Å². The van der Waals surface area contributed by atoms with E-state index in [-0.39, 0.29) is 23.4 Å². The first-order valence-corrected chi connectivity index (χ1v) is 8.29. The molecule has 0 aromatic heterocycles. The van der Waals surface area contributed by atoms with Crippen molar-refractivity contribution in [2.24, 2.45) is 5.92 Å². The highest BCUT2D eigenvalue weighted by Crippen LogP contribution is 2.35. The number of ketones is 1. The van der Waals surface area contributed by atoms with Gasteiger partial charge in [0.25, 0.3) is 0 Å². The van der Waals surface area contributed by atoms with E-state index < -0.39 is 0 Å². The largest absolute Gasteiger partial charge is 0.452 e. The molecule has 0 unspecified atom stereocenters. The first-order chi connectivity index (χ1) is 11.5. The second-order valence-corrected chi connectivity index (χ2v) is 6.55. The van der Waals surface area contributed by atoms with Gasteiger partial charge in [-0.3, -0.25) is 9.59 Å². The quantitative estimate of drug-likeness (QED) is 0.438. The number of esters is 1. The van der Waals surface area contributed by atoms with Crippen LogP contribution >= 0.6 is 15.9 Å². The minimum absolute atomic E-state index is 0.192. The molecule has 0 radical (unpaired) electrons. The van der Waals surface area contributed by atoms with E-state index in [1.807, 2.05) is 24.3 Å². The summed E-state index contributed by atoms with van der Waals surface area (Å²) in [4.78, 5) is 24.1. The molecule has 4 nitrogen and oxygen atoms in total. The van der Waals surface area contributed by atoms with Crippen LogP contribution in [0.2, 0.25) is 0 Å². The Kier molecular flexibility index (Phi) is 4.53. The van der Waals surface area contributed by atoms with Crippen molar-refractivity contribution in [2.75, 3.05) is 0 Å². The molecule has 24 heavy (non-hydrogen) atoms. The molecule has 1 heterocycles. The number of carbonyl (C=O) groups is 2. The molecule has 2 aromatic carbocycles. The average Bonchev–Trinajstić information content (AvgIpc) is 2.85. The molecular formula is C19H15BrO4. The average molecular weight is 387 g/mol. The number of Topliss-reactive ketones (excluding diaryl/α,β-unsaturated/α-hetero) is 1. The molecular weight excluding hydrogens is 372 g/mol. The predicted molar refractivity (Wildman–Crippen MR) is 94.0 cm³/mol. The van der Waals surface area contributed by atoms with E-state index >= 15 is 0 Å². The van der Waals surface area contributed by atoms with E-state index in [4.69, 9.17) is 9.47 Å². The van der Waals surface area contributed by atoms with Gasteiger partial charge in [-0.05, 0) is 29.8 Å². The maximum Gasteiger partial charge on any atom is 0.313 e. The van der Waals surface area contributed by atoms with Crippen LogP contribution in [0, 0.1) is 5.92 Å². The SMILES string of the molecule is CC(C)C(=O)Oc1ccc2c(c1)O/C(=C/c1ccccc1Br)C2=O. The Morgan fingerprint density at radius 1 is 1.21 bits per heavy atom. The van der Waals surface area contributed by atoms with Gasteiger partial charge in [-0.1, -0.05) is 48.0 Å². The second kappa shape index (κ2) is 6.61. The van der Waals surface area contributed by atoms with Gasteiger partial charge in [0.15, 0.2) is 5.76 Å². The molecule has 2 aromatic rings. The van der Waals surface area contributed by atoms with Crippen LogP contribution in [-0.2, 0) is 4.79 Å². The lowest BCUT2D eigenvalue weighted by Crippen LogP contribution is -2.14. The van der Waals surface area contributed by atoms with Crippen molar-refractivity contribution in [3.05, 3.63) is 63.8 Å². The smallest absolute Gasteiger partial charge is 0.313 e. The van der Waals surface area contributed by atoms with Gasteiger partial charge in [-0.15, -0.1) is 0 Å². The van der Waals surface area contributed by atoms with Crippen LogP contribution in [0.4, 0.5) is 0 Å². The van der Waals surface area contributed by atoms with Crippen LogP contribution in [0.15, 0.2) is 52.7 Å². The second-order valence-electron chi connectivity index (χ2n) is 5.70. The summed E-state index contributed by atoms with van der Waals surface area (Å²) in [6, 6.07) is 12.3. The lowest BCUT2D eigenvalue weighted by atomic mass is 10.1. The number of rotatable bonds is 3. The summed E-state index contributed by atoms with van der Waals surface area (Å²) in [5.74, 6) is 0.247. The van der Waals surface area contributed by atoms with Crippen molar-refractivity contribution in [1.29, 1.82) is 0 Å².